The molecule has 0 bridgehead atoms. The van der Waals surface area contributed by atoms with Gasteiger partial charge in [0.1, 0.15) is 0 Å². The van der Waals surface area contributed by atoms with Gasteiger partial charge in [-0.25, -0.2) is 0 Å². The third kappa shape index (κ3) is 2.20. The Bertz CT molecular complexity index is 647. The van der Waals surface area contributed by atoms with Gasteiger partial charge in [0.25, 0.3) is 0 Å². The first-order chi connectivity index (χ1) is 9.85. The highest BCUT2D eigenvalue weighted by atomic mass is 14.3. The molecule has 0 amide bonds. The summed E-state index contributed by atoms with van der Waals surface area (Å²) in [6.07, 6.45) is 4.60. The van der Waals surface area contributed by atoms with Gasteiger partial charge in [-0.05, 0) is 52.7 Å². The normalized spacial score (nSPS) is 13.7. The first-order valence-electron chi connectivity index (χ1n) is 7.73. The van der Waals surface area contributed by atoms with Crippen molar-refractivity contribution in [2.75, 3.05) is 0 Å². The zero-order chi connectivity index (χ0) is 13.9. The molecule has 3 rings (SSSR count). The number of allylic oxidation sites excluding steroid dienone is 2. The van der Waals surface area contributed by atoms with Crippen LogP contribution in [0.4, 0.5) is 0 Å². The van der Waals surface area contributed by atoms with Crippen LogP contribution in [0, 0.1) is 0 Å². The third-order valence-electron chi connectivity index (χ3n) is 4.29. The molecule has 0 saturated heterocycles. The van der Waals surface area contributed by atoms with Gasteiger partial charge in [0.05, 0.1) is 0 Å². The van der Waals surface area contributed by atoms with Gasteiger partial charge in [0, 0.05) is 0 Å². The summed E-state index contributed by atoms with van der Waals surface area (Å²) < 4.78 is 0. The van der Waals surface area contributed by atoms with Gasteiger partial charge in [-0.3, -0.25) is 0 Å². The molecule has 0 spiro atoms. The summed E-state index contributed by atoms with van der Waals surface area (Å²) in [6.45, 7) is 4.54. The van der Waals surface area contributed by atoms with E-state index in [-0.39, 0.29) is 0 Å². The van der Waals surface area contributed by atoms with Crippen LogP contribution in [0.25, 0.3) is 11.1 Å². The quantitative estimate of drug-likeness (QED) is 0.681. The zero-order valence-corrected chi connectivity index (χ0v) is 12.4. The monoisotopic (exact) mass is 262 g/mol. The molecule has 2 aromatic carbocycles. The second-order valence-corrected chi connectivity index (χ2v) is 5.55. The summed E-state index contributed by atoms with van der Waals surface area (Å²) in [7, 11) is 0. The maximum atomic E-state index is 2.31. The predicted octanol–water partition coefficient (Wildman–Crippen LogP) is 5.52. The number of hydrogen-bond acceptors (Lipinski definition) is 0. The summed E-state index contributed by atoms with van der Waals surface area (Å²) in [5.74, 6) is 0. The van der Waals surface area contributed by atoms with Gasteiger partial charge in [0.2, 0.25) is 0 Å². The van der Waals surface area contributed by atoms with E-state index in [9.17, 15) is 0 Å². The van der Waals surface area contributed by atoms with E-state index in [2.05, 4.69) is 62.4 Å². The minimum absolute atomic E-state index is 1.10. The van der Waals surface area contributed by atoms with Crippen molar-refractivity contribution in [3.05, 3.63) is 70.8 Å². The Labute approximate surface area is 122 Å². The molecule has 0 nitrogen and oxygen atoms in total. The summed E-state index contributed by atoms with van der Waals surface area (Å²) in [5.41, 5.74) is 9.04. The van der Waals surface area contributed by atoms with E-state index in [0.29, 0.717) is 0 Å². The molecule has 0 N–H and O–H groups in total. The van der Waals surface area contributed by atoms with Crippen molar-refractivity contribution >= 4 is 11.1 Å². The van der Waals surface area contributed by atoms with Crippen LogP contribution in [-0.2, 0) is 12.8 Å². The van der Waals surface area contributed by atoms with Gasteiger partial charge in [-0.2, -0.15) is 0 Å². The number of aryl methyl sites for hydroxylation is 1. The number of benzene rings is 2. The molecule has 1 aliphatic carbocycles. The van der Waals surface area contributed by atoms with Crippen LogP contribution >= 0.6 is 0 Å². The van der Waals surface area contributed by atoms with E-state index in [0.717, 1.165) is 12.8 Å². The van der Waals surface area contributed by atoms with Crippen LogP contribution in [-0.4, -0.2) is 0 Å². The third-order valence-corrected chi connectivity index (χ3v) is 4.29. The fraction of sp³-hybridized carbons (Fsp3) is 0.300. The Morgan fingerprint density at radius 1 is 0.850 bits per heavy atom. The fourth-order valence-corrected chi connectivity index (χ4v) is 3.39. The van der Waals surface area contributed by atoms with Crippen LogP contribution in [0.3, 0.4) is 0 Å². The molecule has 20 heavy (non-hydrogen) atoms. The highest BCUT2D eigenvalue weighted by Crippen LogP contribution is 2.41. The first kappa shape index (κ1) is 13.2. The van der Waals surface area contributed by atoms with E-state index in [1.54, 1.807) is 11.1 Å². The van der Waals surface area contributed by atoms with Crippen molar-refractivity contribution in [2.45, 2.75) is 39.5 Å². The average Bonchev–Trinajstić information content (AvgIpc) is 2.86. The van der Waals surface area contributed by atoms with Crippen molar-refractivity contribution in [1.29, 1.82) is 0 Å². The lowest BCUT2D eigenvalue weighted by molar-refractivity contribution is 0.917. The summed E-state index contributed by atoms with van der Waals surface area (Å²) in [5, 5.41) is 0. The second kappa shape index (κ2) is 5.66. The minimum atomic E-state index is 1.10. The zero-order valence-electron chi connectivity index (χ0n) is 12.4. The Morgan fingerprint density at radius 2 is 1.55 bits per heavy atom. The topological polar surface area (TPSA) is 0 Å². The van der Waals surface area contributed by atoms with Crippen LogP contribution in [0.15, 0.2) is 48.5 Å². The van der Waals surface area contributed by atoms with Gasteiger partial charge < -0.3 is 0 Å². The first-order valence-corrected chi connectivity index (χ1v) is 7.73. The average molecular weight is 262 g/mol. The van der Waals surface area contributed by atoms with E-state index in [4.69, 9.17) is 0 Å². The van der Waals surface area contributed by atoms with Crippen molar-refractivity contribution < 1.29 is 0 Å². The smallest absolute Gasteiger partial charge is 0.00107 e. The number of fused-ring (bicyclic) bond motifs is 1. The molecule has 0 atom stereocenters. The summed E-state index contributed by atoms with van der Waals surface area (Å²) >= 11 is 0. The molecular formula is C20H22. The van der Waals surface area contributed by atoms with Crippen LogP contribution < -0.4 is 0 Å². The van der Waals surface area contributed by atoms with Crippen LogP contribution in [0.1, 0.15) is 48.9 Å². The standard InChI is InChI=1S/C20H22/c1-3-9-15-10-5-7-12-18(15)20-14-16-11-6-8-13-19(16)17(20)4-2/h5-8,10-13H,3-4,9,14H2,1-2H3. The fourth-order valence-electron chi connectivity index (χ4n) is 3.39. The lowest BCUT2D eigenvalue weighted by Gasteiger charge is -2.12. The lowest BCUT2D eigenvalue weighted by atomic mass is 9.93. The molecule has 0 fully saturated rings. The van der Waals surface area contributed by atoms with E-state index in [1.165, 1.54) is 35.1 Å². The number of rotatable bonds is 4. The summed E-state index contributed by atoms with van der Waals surface area (Å²) in [6, 6.07) is 17.8. The molecule has 0 heteroatoms. The largest absolute Gasteiger partial charge is 0.0651 e. The molecule has 102 valence electrons. The van der Waals surface area contributed by atoms with Crippen LogP contribution in [0.5, 0.6) is 0 Å². The minimum Gasteiger partial charge on any atom is -0.0651 e. The van der Waals surface area contributed by atoms with Crippen molar-refractivity contribution in [2.24, 2.45) is 0 Å². The molecule has 0 saturated carbocycles. The van der Waals surface area contributed by atoms with Gasteiger partial charge in [-0.15, -0.1) is 0 Å². The molecule has 2 aromatic rings. The number of hydrogen-bond donors (Lipinski definition) is 0. The lowest BCUT2D eigenvalue weighted by Crippen LogP contribution is -1.94. The second-order valence-electron chi connectivity index (χ2n) is 5.55. The van der Waals surface area contributed by atoms with Crippen molar-refractivity contribution in [1.82, 2.24) is 0 Å². The molecular weight excluding hydrogens is 240 g/mol. The highest BCUT2D eigenvalue weighted by molar-refractivity contribution is 5.97. The summed E-state index contributed by atoms with van der Waals surface area (Å²) in [4.78, 5) is 0. The highest BCUT2D eigenvalue weighted by Gasteiger charge is 2.21. The molecule has 0 unspecified atom stereocenters. The van der Waals surface area contributed by atoms with E-state index < -0.39 is 0 Å². The Hall–Kier alpha value is -1.82. The van der Waals surface area contributed by atoms with Gasteiger partial charge in [0.15, 0.2) is 0 Å². The Kier molecular flexibility index (Phi) is 3.73. The van der Waals surface area contributed by atoms with Gasteiger partial charge in [-0.1, -0.05) is 68.8 Å². The van der Waals surface area contributed by atoms with Crippen LogP contribution in [0.2, 0.25) is 0 Å². The molecule has 0 aliphatic heterocycles. The van der Waals surface area contributed by atoms with Crippen molar-refractivity contribution in [3.8, 4) is 0 Å². The molecule has 1 aliphatic rings. The SMILES string of the molecule is CCCc1ccccc1C1=C(CC)c2ccccc2C1. The van der Waals surface area contributed by atoms with Gasteiger partial charge >= 0.3 is 0 Å². The Morgan fingerprint density at radius 3 is 2.30 bits per heavy atom. The maximum Gasteiger partial charge on any atom is -0.00107 e. The molecule has 0 aromatic heterocycles. The van der Waals surface area contributed by atoms with Crippen molar-refractivity contribution in [3.63, 3.8) is 0 Å². The molecule has 0 heterocycles. The van der Waals surface area contributed by atoms with E-state index >= 15 is 0 Å². The van der Waals surface area contributed by atoms with E-state index in [1.807, 2.05) is 0 Å². The Balaban J connectivity index is 2.11. The predicted molar refractivity (Wildman–Crippen MR) is 87.7 cm³/mol. The molecule has 0 radical (unpaired) electrons. The maximum absolute atomic E-state index is 2.31.